The Hall–Kier alpha value is -4.37. The lowest BCUT2D eigenvalue weighted by Crippen LogP contribution is -2.38. The standard InChI is InChI=1S/C27H27F2N7O3/c1-34(2)17-7-8-35(13-17)26(37)14-36-27(38)19-6-4-3-5-18(19)20(33-36)11-25-31-21-9-16(12-30)23(10-22(21)32-25)39-15-24(28)29/h3-6,9-10,17,24H,7-8,11,13-15H2,1-2H3,(H,31,32). The number of rotatable bonds is 8. The van der Waals surface area contributed by atoms with Crippen molar-refractivity contribution in [1.29, 1.82) is 5.26 Å². The van der Waals surface area contributed by atoms with E-state index in [1.165, 1.54) is 16.8 Å². The van der Waals surface area contributed by atoms with Crippen molar-refractivity contribution in [3.05, 3.63) is 63.8 Å². The molecular formula is C27H27F2N7O3. The first kappa shape index (κ1) is 26.2. The van der Waals surface area contributed by atoms with E-state index in [-0.39, 0.29) is 41.8 Å². The second-order valence-electron chi connectivity index (χ2n) is 9.74. The number of carbonyl (C=O) groups excluding carboxylic acids is 1. The van der Waals surface area contributed by atoms with Gasteiger partial charge in [-0.05, 0) is 32.6 Å². The minimum atomic E-state index is -2.68. The Morgan fingerprint density at radius 1 is 1.28 bits per heavy atom. The summed E-state index contributed by atoms with van der Waals surface area (Å²) >= 11 is 0. The highest BCUT2D eigenvalue weighted by atomic mass is 19.3. The van der Waals surface area contributed by atoms with E-state index < -0.39 is 13.0 Å². The van der Waals surface area contributed by atoms with Gasteiger partial charge in [-0.15, -0.1) is 0 Å². The summed E-state index contributed by atoms with van der Waals surface area (Å²) in [4.78, 5) is 37.8. The number of aromatic amines is 1. The highest BCUT2D eigenvalue weighted by Gasteiger charge is 2.28. The van der Waals surface area contributed by atoms with Crippen molar-refractivity contribution in [1.82, 2.24) is 29.5 Å². The zero-order chi connectivity index (χ0) is 27.7. The monoisotopic (exact) mass is 535 g/mol. The van der Waals surface area contributed by atoms with E-state index in [9.17, 15) is 23.6 Å². The number of aromatic nitrogens is 4. The number of alkyl halides is 2. The molecule has 0 radical (unpaired) electrons. The predicted molar refractivity (Wildman–Crippen MR) is 140 cm³/mol. The van der Waals surface area contributed by atoms with Crippen molar-refractivity contribution in [3.63, 3.8) is 0 Å². The molecule has 4 aromatic rings. The zero-order valence-corrected chi connectivity index (χ0v) is 21.5. The number of nitrogens with zero attached hydrogens (tertiary/aromatic N) is 6. The van der Waals surface area contributed by atoms with Gasteiger partial charge in [-0.3, -0.25) is 9.59 Å². The van der Waals surface area contributed by atoms with Gasteiger partial charge in [0.15, 0.2) is 0 Å². The van der Waals surface area contributed by atoms with Crippen LogP contribution in [-0.4, -0.2) is 81.7 Å². The Kier molecular flexibility index (Phi) is 7.26. The molecule has 202 valence electrons. The number of H-pyrrole nitrogens is 1. The molecule has 1 atom stereocenters. The molecule has 1 fully saturated rings. The van der Waals surface area contributed by atoms with Crippen LogP contribution < -0.4 is 10.3 Å². The lowest BCUT2D eigenvalue weighted by Gasteiger charge is -2.20. The van der Waals surface area contributed by atoms with Gasteiger partial charge in [0.05, 0.1) is 34.1 Å². The molecule has 0 spiro atoms. The van der Waals surface area contributed by atoms with Gasteiger partial charge in [0.1, 0.15) is 30.8 Å². The van der Waals surface area contributed by atoms with Crippen LogP contribution in [0.5, 0.6) is 5.75 Å². The molecule has 5 rings (SSSR count). The second-order valence-corrected chi connectivity index (χ2v) is 9.74. The lowest BCUT2D eigenvalue weighted by molar-refractivity contribution is -0.131. The molecule has 39 heavy (non-hydrogen) atoms. The van der Waals surface area contributed by atoms with Crippen LogP contribution in [0.1, 0.15) is 23.5 Å². The molecule has 1 unspecified atom stereocenters. The molecule has 1 aliphatic rings. The number of imidazole rings is 1. The van der Waals surface area contributed by atoms with Crippen molar-refractivity contribution in [2.45, 2.75) is 31.9 Å². The Morgan fingerprint density at radius 2 is 2.05 bits per heavy atom. The molecule has 0 aliphatic carbocycles. The van der Waals surface area contributed by atoms with Gasteiger partial charge >= 0.3 is 0 Å². The molecule has 2 aromatic carbocycles. The van der Waals surface area contributed by atoms with Gasteiger partial charge in [0.25, 0.3) is 12.0 Å². The fourth-order valence-corrected chi connectivity index (χ4v) is 4.85. The number of hydrogen-bond acceptors (Lipinski definition) is 7. The van der Waals surface area contributed by atoms with Gasteiger partial charge < -0.3 is 19.5 Å². The number of likely N-dealkylation sites (N-methyl/N-ethyl adjacent to an activating group) is 1. The molecule has 0 saturated carbocycles. The van der Waals surface area contributed by atoms with Crippen molar-refractivity contribution >= 4 is 27.7 Å². The number of hydrogen-bond donors (Lipinski definition) is 1. The summed E-state index contributed by atoms with van der Waals surface area (Å²) in [6.45, 7) is 0.228. The lowest BCUT2D eigenvalue weighted by atomic mass is 10.1. The zero-order valence-electron chi connectivity index (χ0n) is 21.5. The molecule has 12 heteroatoms. The Balaban J connectivity index is 1.46. The maximum Gasteiger partial charge on any atom is 0.275 e. The van der Waals surface area contributed by atoms with E-state index in [0.29, 0.717) is 46.4 Å². The third kappa shape index (κ3) is 5.44. The van der Waals surface area contributed by atoms with Crippen molar-refractivity contribution in [2.75, 3.05) is 33.8 Å². The molecule has 1 N–H and O–H groups in total. The minimum Gasteiger partial charge on any atom is -0.486 e. The number of ether oxygens (including phenoxy) is 1. The van der Waals surface area contributed by atoms with Crippen LogP contribution in [0.15, 0.2) is 41.2 Å². The molecule has 0 bridgehead atoms. The van der Waals surface area contributed by atoms with Crippen LogP contribution in [0.4, 0.5) is 8.78 Å². The van der Waals surface area contributed by atoms with Gasteiger partial charge in [-0.1, -0.05) is 18.2 Å². The summed E-state index contributed by atoms with van der Waals surface area (Å²) in [6.07, 6.45) is -1.60. The van der Waals surface area contributed by atoms with Gasteiger partial charge in [-0.25, -0.2) is 18.4 Å². The summed E-state index contributed by atoms with van der Waals surface area (Å²) < 4.78 is 31.6. The fraction of sp³-hybridized carbons (Fsp3) is 0.370. The molecular weight excluding hydrogens is 508 g/mol. The summed E-state index contributed by atoms with van der Waals surface area (Å²) in [7, 11) is 3.97. The van der Waals surface area contributed by atoms with E-state index >= 15 is 0 Å². The Labute approximate surface area is 222 Å². The van der Waals surface area contributed by atoms with Crippen molar-refractivity contribution < 1.29 is 18.3 Å². The smallest absolute Gasteiger partial charge is 0.275 e. The summed E-state index contributed by atoms with van der Waals surface area (Å²) in [5.41, 5.74) is 1.26. The number of nitriles is 1. The number of benzene rings is 2. The van der Waals surface area contributed by atoms with Gasteiger partial charge in [-0.2, -0.15) is 10.4 Å². The number of carbonyl (C=O) groups is 1. The molecule has 10 nitrogen and oxygen atoms in total. The first-order valence-electron chi connectivity index (χ1n) is 12.5. The maximum absolute atomic E-state index is 13.2. The fourth-order valence-electron chi connectivity index (χ4n) is 4.85. The number of halogens is 2. The summed E-state index contributed by atoms with van der Waals surface area (Å²) in [5.74, 6) is 0.346. The highest BCUT2D eigenvalue weighted by molar-refractivity contribution is 5.85. The second kappa shape index (κ2) is 10.8. The highest BCUT2D eigenvalue weighted by Crippen LogP contribution is 2.26. The number of likely N-dealkylation sites (tertiary alicyclic amines) is 1. The van der Waals surface area contributed by atoms with Gasteiger partial charge in [0, 0.05) is 30.6 Å². The van der Waals surface area contributed by atoms with E-state index in [0.717, 1.165) is 6.42 Å². The Morgan fingerprint density at radius 3 is 2.74 bits per heavy atom. The van der Waals surface area contributed by atoms with E-state index in [4.69, 9.17) is 4.74 Å². The van der Waals surface area contributed by atoms with Crippen molar-refractivity contribution in [3.8, 4) is 11.8 Å². The SMILES string of the molecule is CN(C)C1CCN(C(=O)Cn2nc(Cc3nc4cc(OCC(F)F)c(C#N)cc4[nH]3)c3ccccc3c2=O)C1. The molecule has 1 saturated heterocycles. The maximum atomic E-state index is 13.2. The Bertz CT molecular complexity index is 1640. The van der Waals surface area contributed by atoms with Crippen LogP contribution in [0, 0.1) is 11.3 Å². The first-order chi connectivity index (χ1) is 18.7. The van der Waals surface area contributed by atoms with Crippen LogP contribution in [0.3, 0.4) is 0 Å². The summed E-state index contributed by atoms with van der Waals surface area (Å²) in [6, 6.07) is 12.2. The molecule has 2 aromatic heterocycles. The van der Waals surface area contributed by atoms with E-state index in [1.807, 2.05) is 20.2 Å². The topological polar surface area (TPSA) is 120 Å². The first-order valence-corrected chi connectivity index (χ1v) is 12.5. The molecule has 1 aliphatic heterocycles. The van der Waals surface area contributed by atoms with Crippen LogP contribution in [-0.2, 0) is 17.8 Å². The van der Waals surface area contributed by atoms with Crippen LogP contribution >= 0.6 is 0 Å². The quantitative estimate of drug-likeness (QED) is 0.368. The van der Waals surface area contributed by atoms with E-state index in [1.54, 1.807) is 29.2 Å². The predicted octanol–water partition coefficient (Wildman–Crippen LogP) is 2.54. The minimum absolute atomic E-state index is 0.0254. The molecule has 1 amide bonds. The van der Waals surface area contributed by atoms with Gasteiger partial charge in [0.2, 0.25) is 5.91 Å². The number of amides is 1. The normalized spacial score (nSPS) is 15.5. The third-order valence-corrected chi connectivity index (χ3v) is 6.93. The largest absolute Gasteiger partial charge is 0.486 e. The number of nitrogens with one attached hydrogen (secondary N) is 1. The third-order valence-electron chi connectivity index (χ3n) is 6.93. The average Bonchev–Trinajstić information content (AvgIpc) is 3.56. The van der Waals surface area contributed by atoms with E-state index in [2.05, 4.69) is 20.0 Å². The van der Waals surface area contributed by atoms with Crippen LogP contribution in [0.25, 0.3) is 21.8 Å². The van der Waals surface area contributed by atoms with Crippen molar-refractivity contribution in [2.24, 2.45) is 0 Å². The van der Waals surface area contributed by atoms with Crippen LogP contribution in [0.2, 0.25) is 0 Å². The average molecular weight is 536 g/mol. The molecule has 3 heterocycles. The number of fused-ring (bicyclic) bond motifs is 2. The summed E-state index contributed by atoms with van der Waals surface area (Å²) in [5, 5.41) is 15.1.